The minimum Gasteiger partial charge on any atom is -0.369 e. The van der Waals surface area contributed by atoms with Gasteiger partial charge in [-0.1, -0.05) is 0 Å². The number of nitrogens with zero attached hydrogens (tertiary/aromatic N) is 4. The molecule has 23 heavy (non-hydrogen) atoms. The normalized spacial score (nSPS) is 11.8. The highest BCUT2D eigenvalue weighted by molar-refractivity contribution is 7.90. The van der Waals surface area contributed by atoms with Crippen LogP contribution < -0.4 is 5.69 Å². The maximum Gasteiger partial charge on any atom is 0.354 e. The van der Waals surface area contributed by atoms with Gasteiger partial charge in [0, 0.05) is 20.4 Å². The van der Waals surface area contributed by atoms with E-state index in [4.69, 9.17) is 0 Å². The molecule has 0 N–H and O–H groups in total. The van der Waals surface area contributed by atoms with E-state index in [-0.39, 0.29) is 10.7 Å². The lowest BCUT2D eigenvalue weighted by atomic mass is 10.3. The van der Waals surface area contributed by atoms with Crippen LogP contribution in [0.1, 0.15) is 0 Å². The van der Waals surface area contributed by atoms with Crippen LogP contribution in [0.15, 0.2) is 45.1 Å². The molecule has 7 nitrogen and oxygen atoms in total. The maximum atomic E-state index is 14.0. The van der Waals surface area contributed by atoms with Crippen LogP contribution in [0.3, 0.4) is 0 Å². The lowest BCUT2D eigenvalue weighted by Crippen LogP contribution is -2.21. The van der Waals surface area contributed by atoms with Crippen molar-refractivity contribution in [3.05, 3.63) is 46.8 Å². The van der Waals surface area contributed by atoms with Gasteiger partial charge in [0.25, 0.3) is 0 Å². The summed E-state index contributed by atoms with van der Waals surface area (Å²) in [4.78, 5) is 21.0. The quantitative estimate of drug-likeness (QED) is 0.613. The maximum absolute atomic E-state index is 14.0. The molecule has 0 aliphatic rings. The van der Waals surface area contributed by atoms with Crippen LogP contribution in [0.5, 0.6) is 0 Å². The van der Waals surface area contributed by atoms with Crippen LogP contribution in [0.2, 0.25) is 0 Å². The molecule has 0 saturated heterocycles. The van der Waals surface area contributed by atoms with Crippen molar-refractivity contribution in [3.8, 4) is 5.69 Å². The second-order valence-corrected chi connectivity index (χ2v) is 7.06. The van der Waals surface area contributed by atoms with Crippen LogP contribution >= 0.6 is 0 Å². The third-order valence-corrected chi connectivity index (χ3v) is 3.95. The molecule has 1 aromatic heterocycles. The SMILES string of the molecule is CN(C)C=Nc1nc(=O)n(-c2ccc(S(C)(=O)=O)cc2)cc1F. The first kappa shape index (κ1) is 16.8. The number of aliphatic imine (C=N–C) groups is 1. The van der Waals surface area contributed by atoms with E-state index in [9.17, 15) is 17.6 Å². The molecule has 0 fully saturated rings. The van der Waals surface area contributed by atoms with E-state index in [0.717, 1.165) is 17.0 Å². The van der Waals surface area contributed by atoms with Gasteiger partial charge < -0.3 is 4.90 Å². The number of hydrogen-bond acceptors (Lipinski definition) is 5. The third kappa shape index (κ3) is 4.01. The lowest BCUT2D eigenvalue weighted by molar-refractivity contribution is 0.599. The van der Waals surface area contributed by atoms with E-state index in [1.54, 1.807) is 19.0 Å². The number of aromatic nitrogens is 2. The molecule has 0 bridgehead atoms. The Bertz CT molecular complexity index is 903. The smallest absolute Gasteiger partial charge is 0.354 e. The first-order valence-corrected chi connectivity index (χ1v) is 8.38. The average molecular weight is 338 g/mol. The van der Waals surface area contributed by atoms with Crippen molar-refractivity contribution in [1.82, 2.24) is 14.5 Å². The number of rotatable bonds is 4. The summed E-state index contributed by atoms with van der Waals surface area (Å²) >= 11 is 0. The number of benzene rings is 1. The van der Waals surface area contributed by atoms with Gasteiger partial charge in [0.2, 0.25) is 0 Å². The van der Waals surface area contributed by atoms with Crippen molar-refractivity contribution >= 4 is 22.0 Å². The number of sulfone groups is 1. The van der Waals surface area contributed by atoms with E-state index in [1.165, 1.54) is 30.6 Å². The molecule has 0 aliphatic carbocycles. The first-order valence-electron chi connectivity index (χ1n) is 6.49. The zero-order valence-corrected chi connectivity index (χ0v) is 13.6. The Kier molecular flexibility index (Phi) is 4.60. The highest BCUT2D eigenvalue weighted by Gasteiger charge is 2.11. The molecule has 9 heteroatoms. The molecule has 2 aromatic rings. The Morgan fingerprint density at radius 2 is 1.87 bits per heavy atom. The van der Waals surface area contributed by atoms with E-state index in [1.807, 2.05) is 0 Å². The van der Waals surface area contributed by atoms with Gasteiger partial charge in [-0.15, -0.1) is 0 Å². The summed E-state index contributed by atoms with van der Waals surface area (Å²) in [6, 6.07) is 5.49. The van der Waals surface area contributed by atoms with E-state index < -0.39 is 21.3 Å². The molecule has 122 valence electrons. The number of halogens is 1. The predicted molar refractivity (Wildman–Crippen MR) is 84.7 cm³/mol. The summed E-state index contributed by atoms with van der Waals surface area (Å²) in [7, 11) is 0.0576. The van der Waals surface area contributed by atoms with Gasteiger partial charge in [0.1, 0.15) is 0 Å². The van der Waals surface area contributed by atoms with Crippen molar-refractivity contribution in [1.29, 1.82) is 0 Å². The van der Waals surface area contributed by atoms with Gasteiger partial charge in [-0.2, -0.15) is 4.98 Å². The summed E-state index contributed by atoms with van der Waals surface area (Å²) < 4.78 is 37.8. The van der Waals surface area contributed by atoms with Gasteiger partial charge >= 0.3 is 5.69 Å². The summed E-state index contributed by atoms with van der Waals surface area (Å²) in [6.45, 7) is 0. The highest BCUT2D eigenvalue weighted by Crippen LogP contribution is 2.15. The molecule has 1 heterocycles. The lowest BCUT2D eigenvalue weighted by Gasteiger charge is -2.07. The molecular formula is C14H15FN4O3S. The second-order valence-electron chi connectivity index (χ2n) is 5.04. The fourth-order valence-electron chi connectivity index (χ4n) is 1.72. The first-order chi connectivity index (χ1) is 10.7. The Labute approximate surface area is 132 Å². The standard InChI is InChI=1S/C14H15FN4O3S/c1-18(2)9-16-13-12(15)8-19(14(20)17-13)10-4-6-11(7-5-10)23(3,21)22/h4-9H,1-3H3. The minimum absolute atomic E-state index is 0.106. The van der Waals surface area contributed by atoms with E-state index in [0.29, 0.717) is 5.69 Å². The Balaban J connectivity index is 2.45. The van der Waals surface area contributed by atoms with Gasteiger partial charge in [-0.05, 0) is 24.3 Å². The molecule has 0 atom stereocenters. The third-order valence-electron chi connectivity index (χ3n) is 2.82. The van der Waals surface area contributed by atoms with Gasteiger partial charge in [-0.3, -0.25) is 4.57 Å². The highest BCUT2D eigenvalue weighted by atomic mass is 32.2. The molecule has 0 amide bonds. The largest absolute Gasteiger partial charge is 0.369 e. The van der Waals surface area contributed by atoms with Crippen LogP contribution in [0.4, 0.5) is 10.2 Å². The number of hydrogen-bond donors (Lipinski definition) is 0. The topological polar surface area (TPSA) is 84.6 Å². The molecule has 0 saturated carbocycles. The minimum atomic E-state index is -3.34. The molecular weight excluding hydrogens is 323 g/mol. The van der Waals surface area contributed by atoms with Crippen molar-refractivity contribution in [2.45, 2.75) is 4.90 Å². The summed E-state index contributed by atoms with van der Waals surface area (Å²) in [5.41, 5.74) is -0.415. The molecule has 1 aromatic carbocycles. The van der Waals surface area contributed by atoms with E-state index >= 15 is 0 Å². The van der Waals surface area contributed by atoms with Crippen molar-refractivity contribution < 1.29 is 12.8 Å². The molecule has 0 spiro atoms. The summed E-state index contributed by atoms with van der Waals surface area (Å²) in [5.74, 6) is -1.08. The van der Waals surface area contributed by atoms with Crippen LogP contribution in [0, 0.1) is 5.82 Å². The fourth-order valence-corrected chi connectivity index (χ4v) is 2.35. The monoisotopic (exact) mass is 338 g/mol. The van der Waals surface area contributed by atoms with Crippen LogP contribution in [-0.4, -0.2) is 49.6 Å². The van der Waals surface area contributed by atoms with Crippen molar-refractivity contribution in [2.75, 3.05) is 20.4 Å². The molecule has 0 aliphatic heterocycles. The Morgan fingerprint density at radius 1 is 1.26 bits per heavy atom. The summed E-state index contributed by atoms with van der Waals surface area (Å²) in [5, 5.41) is 0. The van der Waals surface area contributed by atoms with Gasteiger partial charge in [-0.25, -0.2) is 22.6 Å². The van der Waals surface area contributed by atoms with Gasteiger partial charge in [0.15, 0.2) is 21.5 Å². The van der Waals surface area contributed by atoms with E-state index in [2.05, 4.69) is 9.98 Å². The van der Waals surface area contributed by atoms with Crippen molar-refractivity contribution in [2.24, 2.45) is 4.99 Å². The summed E-state index contributed by atoms with van der Waals surface area (Å²) in [6.07, 6.45) is 3.37. The molecule has 0 unspecified atom stereocenters. The Morgan fingerprint density at radius 3 is 2.39 bits per heavy atom. The zero-order chi connectivity index (χ0) is 17.2. The fraction of sp³-hybridized carbons (Fsp3) is 0.214. The van der Waals surface area contributed by atoms with Crippen molar-refractivity contribution in [3.63, 3.8) is 0 Å². The Hall–Kier alpha value is -2.55. The van der Waals surface area contributed by atoms with Crippen LogP contribution in [-0.2, 0) is 9.84 Å². The van der Waals surface area contributed by atoms with Gasteiger partial charge in [0.05, 0.1) is 23.1 Å². The van der Waals surface area contributed by atoms with Crippen LogP contribution in [0.25, 0.3) is 5.69 Å². The zero-order valence-electron chi connectivity index (χ0n) is 12.8. The molecule has 0 radical (unpaired) electrons. The predicted octanol–water partition coefficient (Wildman–Crippen LogP) is 0.996. The average Bonchev–Trinajstić information content (AvgIpc) is 2.47. The molecule has 2 rings (SSSR count). The second kappa shape index (κ2) is 6.29.